The molecule has 0 saturated carbocycles. The minimum absolute atomic E-state index is 0.718. The average Bonchev–Trinajstić information content (AvgIpc) is 2.18. The van der Waals surface area contributed by atoms with Gasteiger partial charge in [-0.3, -0.25) is 4.90 Å². The summed E-state index contributed by atoms with van der Waals surface area (Å²) in [6, 6.07) is 0.755. The van der Waals surface area contributed by atoms with Crippen molar-refractivity contribution < 1.29 is 0 Å². The monoisotopic (exact) mass is 198 g/mol. The molecule has 84 valence electrons. The smallest absolute Gasteiger partial charge is 0.00541 e. The minimum Gasteiger partial charge on any atom is -0.317 e. The van der Waals surface area contributed by atoms with Gasteiger partial charge in [-0.15, -0.1) is 0 Å². The van der Waals surface area contributed by atoms with Crippen molar-refractivity contribution in [2.24, 2.45) is 5.41 Å². The van der Waals surface area contributed by atoms with Crippen LogP contribution in [-0.2, 0) is 0 Å². The van der Waals surface area contributed by atoms with Crippen LogP contribution in [0.2, 0.25) is 0 Å². The SMILES string of the molecule is CC.CC(C)N1CC2(CCNCC2)C1. The Balaban J connectivity index is 0.000000461. The van der Waals surface area contributed by atoms with Gasteiger partial charge in [0, 0.05) is 19.1 Å². The van der Waals surface area contributed by atoms with Crippen LogP contribution in [0.1, 0.15) is 40.5 Å². The topological polar surface area (TPSA) is 15.3 Å². The Morgan fingerprint density at radius 3 is 2.00 bits per heavy atom. The highest BCUT2D eigenvalue weighted by Crippen LogP contribution is 2.39. The predicted octanol–water partition coefficient (Wildman–Crippen LogP) is 2.11. The largest absolute Gasteiger partial charge is 0.317 e. The molecule has 14 heavy (non-hydrogen) atoms. The molecular weight excluding hydrogens is 172 g/mol. The fraction of sp³-hybridized carbons (Fsp3) is 1.00. The van der Waals surface area contributed by atoms with Gasteiger partial charge >= 0.3 is 0 Å². The van der Waals surface area contributed by atoms with E-state index in [0.29, 0.717) is 0 Å². The molecular formula is C12H26N2. The fourth-order valence-electron chi connectivity index (χ4n) is 2.45. The molecule has 2 nitrogen and oxygen atoms in total. The zero-order chi connectivity index (χ0) is 10.6. The van der Waals surface area contributed by atoms with Crippen LogP contribution in [0.4, 0.5) is 0 Å². The normalized spacial score (nSPS) is 25.5. The van der Waals surface area contributed by atoms with Crippen molar-refractivity contribution in [1.29, 1.82) is 0 Å². The minimum atomic E-state index is 0.718. The predicted molar refractivity (Wildman–Crippen MR) is 62.6 cm³/mol. The standard InChI is InChI=1S/C10H20N2.C2H6/c1-9(2)12-7-10(8-12)3-5-11-6-4-10;1-2/h9,11H,3-8H2,1-2H3;1-2H3. The van der Waals surface area contributed by atoms with Crippen molar-refractivity contribution >= 4 is 0 Å². The molecule has 2 heteroatoms. The lowest BCUT2D eigenvalue weighted by atomic mass is 9.72. The number of likely N-dealkylation sites (tertiary alicyclic amines) is 1. The molecule has 0 amide bonds. The van der Waals surface area contributed by atoms with Crippen LogP contribution in [-0.4, -0.2) is 37.1 Å². The van der Waals surface area contributed by atoms with E-state index in [1.54, 1.807) is 0 Å². The summed E-state index contributed by atoms with van der Waals surface area (Å²) in [5, 5.41) is 3.43. The zero-order valence-electron chi connectivity index (χ0n) is 10.3. The van der Waals surface area contributed by atoms with Crippen LogP contribution in [0.5, 0.6) is 0 Å². The highest BCUT2D eigenvalue weighted by Gasteiger charge is 2.43. The number of hydrogen-bond donors (Lipinski definition) is 1. The number of hydrogen-bond acceptors (Lipinski definition) is 2. The van der Waals surface area contributed by atoms with Crippen molar-refractivity contribution in [3.8, 4) is 0 Å². The van der Waals surface area contributed by atoms with Crippen molar-refractivity contribution in [3.63, 3.8) is 0 Å². The first-order valence-corrected chi connectivity index (χ1v) is 6.17. The Bertz CT molecular complexity index is 152. The average molecular weight is 198 g/mol. The maximum atomic E-state index is 3.43. The first kappa shape index (κ1) is 12.0. The molecule has 2 saturated heterocycles. The zero-order valence-corrected chi connectivity index (χ0v) is 10.3. The molecule has 0 unspecified atom stereocenters. The van der Waals surface area contributed by atoms with Crippen molar-refractivity contribution in [2.45, 2.75) is 46.6 Å². The van der Waals surface area contributed by atoms with E-state index in [1.165, 1.54) is 39.0 Å². The second kappa shape index (κ2) is 5.13. The highest BCUT2D eigenvalue weighted by molar-refractivity contribution is 4.98. The molecule has 2 aliphatic heterocycles. The first-order valence-electron chi connectivity index (χ1n) is 6.17. The van der Waals surface area contributed by atoms with Crippen LogP contribution in [0, 0.1) is 5.41 Å². The third kappa shape index (κ3) is 2.48. The van der Waals surface area contributed by atoms with Crippen LogP contribution in [0.25, 0.3) is 0 Å². The van der Waals surface area contributed by atoms with Crippen LogP contribution < -0.4 is 5.32 Å². The molecule has 2 fully saturated rings. The summed E-state index contributed by atoms with van der Waals surface area (Å²) in [6.45, 7) is 13.8. The van der Waals surface area contributed by atoms with E-state index in [1.807, 2.05) is 13.8 Å². The van der Waals surface area contributed by atoms with Crippen molar-refractivity contribution in [1.82, 2.24) is 10.2 Å². The van der Waals surface area contributed by atoms with Crippen molar-refractivity contribution in [2.75, 3.05) is 26.2 Å². The Labute approximate surface area is 89.1 Å². The molecule has 2 aliphatic rings. The molecule has 2 heterocycles. The van der Waals surface area contributed by atoms with Gasteiger partial charge in [-0.1, -0.05) is 13.8 Å². The molecule has 0 aromatic heterocycles. The van der Waals surface area contributed by atoms with Gasteiger partial charge in [-0.25, -0.2) is 0 Å². The van der Waals surface area contributed by atoms with Crippen LogP contribution in [0.15, 0.2) is 0 Å². The summed E-state index contributed by atoms with van der Waals surface area (Å²) in [6.07, 6.45) is 2.80. The Hall–Kier alpha value is -0.0800. The molecule has 1 spiro atoms. The lowest BCUT2D eigenvalue weighted by Gasteiger charge is -2.54. The van der Waals surface area contributed by atoms with E-state index in [2.05, 4.69) is 24.1 Å². The maximum Gasteiger partial charge on any atom is 0.00541 e. The number of nitrogens with one attached hydrogen (secondary N) is 1. The molecule has 1 N–H and O–H groups in total. The van der Waals surface area contributed by atoms with Gasteiger partial charge in [-0.2, -0.15) is 0 Å². The summed E-state index contributed by atoms with van der Waals surface area (Å²) in [5.41, 5.74) is 0.718. The second-order valence-corrected chi connectivity index (χ2v) is 4.75. The molecule has 0 bridgehead atoms. The van der Waals surface area contributed by atoms with Gasteiger partial charge < -0.3 is 5.32 Å². The molecule has 0 atom stereocenters. The number of rotatable bonds is 1. The third-order valence-electron chi connectivity index (χ3n) is 3.47. The lowest BCUT2D eigenvalue weighted by Crippen LogP contribution is -2.61. The van der Waals surface area contributed by atoms with Gasteiger partial charge in [0.2, 0.25) is 0 Å². The Morgan fingerprint density at radius 2 is 1.57 bits per heavy atom. The maximum absolute atomic E-state index is 3.43. The highest BCUT2D eigenvalue weighted by atomic mass is 15.2. The van der Waals surface area contributed by atoms with E-state index >= 15 is 0 Å². The summed E-state index contributed by atoms with van der Waals surface area (Å²) >= 11 is 0. The van der Waals surface area contributed by atoms with E-state index in [-0.39, 0.29) is 0 Å². The molecule has 0 aliphatic carbocycles. The summed E-state index contributed by atoms with van der Waals surface area (Å²) < 4.78 is 0. The molecule has 0 aromatic rings. The number of nitrogens with zero attached hydrogens (tertiary/aromatic N) is 1. The van der Waals surface area contributed by atoms with Gasteiger partial charge in [0.05, 0.1) is 0 Å². The van der Waals surface area contributed by atoms with E-state index in [0.717, 1.165) is 11.5 Å². The van der Waals surface area contributed by atoms with Gasteiger partial charge in [0.15, 0.2) is 0 Å². The fourth-order valence-corrected chi connectivity index (χ4v) is 2.45. The quantitative estimate of drug-likeness (QED) is 0.694. The lowest BCUT2D eigenvalue weighted by molar-refractivity contribution is -0.0418. The Morgan fingerprint density at radius 1 is 1.07 bits per heavy atom. The van der Waals surface area contributed by atoms with E-state index < -0.39 is 0 Å². The summed E-state index contributed by atoms with van der Waals surface area (Å²) in [7, 11) is 0. The third-order valence-corrected chi connectivity index (χ3v) is 3.47. The molecule has 2 rings (SSSR count). The first-order chi connectivity index (χ1) is 6.72. The summed E-state index contributed by atoms with van der Waals surface area (Å²) in [4.78, 5) is 2.59. The van der Waals surface area contributed by atoms with Crippen LogP contribution in [0.3, 0.4) is 0 Å². The summed E-state index contributed by atoms with van der Waals surface area (Å²) in [5.74, 6) is 0. The van der Waals surface area contributed by atoms with Crippen LogP contribution >= 0.6 is 0 Å². The van der Waals surface area contributed by atoms with E-state index in [4.69, 9.17) is 0 Å². The molecule has 0 aromatic carbocycles. The van der Waals surface area contributed by atoms with Gasteiger partial charge in [0.25, 0.3) is 0 Å². The second-order valence-electron chi connectivity index (χ2n) is 4.75. The Kier molecular flexibility index (Phi) is 4.39. The van der Waals surface area contributed by atoms with Gasteiger partial charge in [0.1, 0.15) is 0 Å². The number of piperidine rings is 1. The molecule has 0 radical (unpaired) electrons. The van der Waals surface area contributed by atoms with Crippen molar-refractivity contribution in [3.05, 3.63) is 0 Å². The van der Waals surface area contributed by atoms with Gasteiger partial charge in [-0.05, 0) is 45.2 Å². The van der Waals surface area contributed by atoms with E-state index in [9.17, 15) is 0 Å².